The third-order valence-corrected chi connectivity index (χ3v) is 4.57. The second-order valence-corrected chi connectivity index (χ2v) is 6.58. The zero-order valence-corrected chi connectivity index (χ0v) is 14.7. The number of aromatic nitrogens is 3. The molecule has 0 unspecified atom stereocenters. The number of halogens is 3. The number of anilines is 2. The number of hydrogen-bond acceptors (Lipinski definition) is 5. The predicted molar refractivity (Wildman–Crippen MR) is 92.2 cm³/mol. The average molecular weight is 383 g/mol. The molecule has 2 aromatic rings. The number of alkyl halides is 3. The van der Waals surface area contributed by atoms with Crippen LogP contribution in [0.2, 0.25) is 0 Å². The molecule has 0 aromatic carbocycles. The lowest BCUT2D eigenvalue weighted by Crippen LogP contribution is -2.40. The summed E-state index contributed by atoms with van der Waals surface area (Å²) < 4.78 is 39.2. The van der Waals surface area contributed by atoms with Crippen molar-refractivity contribution < 1.29 is 23.1 Å². The van der Waals surface area contributed by atoms with Crippen LogP contribution in [-0.4, -0.2) is 56.6 Å². The van der Waals surface area contributed by atoms with Gasteiger partial charge < -0.3 is 10.4 Å². The fourth-order valence-electron chi connectivity index (χ4n) is 3.21. The quantitative estimate of drug-likeness (QED) is 0.825. The summed E-state index contributed by atoms with van der Waals surface area (Å²) >= 11 is 0. The van der Waals surface area contributed by atoms with Gasteiger partial charge in [0.05, 0.1) is 41.4 Å². The minimum Gasteiger partial charge on any atom is -0.478 e. The highest BCUT2D eigenvalue weighted by atomic mass is 19.4. The Morgan fingerprint density at radius 3 is 2.67 bits per heavy atom. The molecule has 0 amide bonds. The standard InChI is InChI=1S/C17H20F3N5O2/c1-11-15(22-14-8-21-5-2-13(14)16(26)27)9-25(23-11)12-3-6-24(7-4-12)10-17(18,19)20/h2,5,8-9,12,22H,3-4,6-7,10H2,1H3,(H,26,27). The van der Waals surface area contributed by atoms with Crippen LogP contribution in [0, 0.1) is 6.92 Å². The van der Waals surface area contributed by atoms with Gasteiger partial charge in [0.15, 0.2) is 0 Å². The molecule has 7 nitrogen and oxygen atoms in total. The number of carbonyl (C=O) groups is 1. The Balaban J connectivity index is 1.68. The van der Waals surface area contributed by atoms with Gasteiger partial charge in [0.25, 0.3) is 0 Å². The van der Waals surface area contributed by atoms with Gasteiger partial charge in [-0.15, -0.1) is 0 Å². The van der Waals surface area contributed by atoms with Gasteiger partial charge in [-0.3, -0.25) is 14.6 Å². The van der Waals surface area contributed by atoms with Gasteiger partial charge in [-0.05, 0) is 25.8 Å². The number of piperidine rings is 1. The van der Waals surface area contributed by atoms with E-state index in [1.807, 2.05) is 0 Å². The first kappa shape index (κ1) is 19.2. The Morgan fingerprint density at radius 2 is 2.04 bits per heavy atom. The molecular formula is C17H20F3N5O2. The smallest absolute Gasteiger partial charge is 0.401 e. The minimum atomic E-state index is -4.18. The number of aromatic carboxylic acids is 1. The van der Waals surface area contributed by atoms with E-state index in [0.29, 0.717) is 43.0 Å². The Hall–Kier alpha value is -2.62. The van der Waals surface area contributed by atoms with Crippen LogP contribution < -0.4 is 5.32 Å². The van der Waals surface area contributed by atoms with Crippen LogP contribution in [0.4, 0.5) is 24.5 Å². The third-order valence-electron chi connectivity index (χ3n) is 4.57. The molecular weight excluding hydrogens is 363 g/mol. The zero-order valence-electron chi connectivity index (χ0n) is 14.7. The van der Waals surface area contributed by atoms with E-state index in [1.165, 1.54) is 23.4 Å². The van der Waals surface area contributed by atoms with E-state index in [1.54, 1.807) is 17.8 Å². The van der Waals surface area contributed by atoms with Gasteiger partial charge in [-0.1, -0.05) is 0 Å². The first-order valence-electron chi connectivity index (χ1n) is 8.52. The number of aryl methyl sites for hydroxylation is 1. The van der Waals surface area contributed by atoms with Crippen LogP contribution in [0.25, 0.3) is 0 Å². The highest BCUT2D eigenvalue weighted by molar-refractivity contribution is 5.94. The SMILES string of the molecule is Cc1nn(C2CCN(CC(F)(F)F)CC2)cc1Nc1cnccc1C(=O)O. The molecule has 0 saturated carbocycles. The molecule has 0 radical (unpaired) electrons. The molecule has 3 heterocycles. The Morgan fingerprint density at radius 1 is 1.33 bits per heavy atom. The predicted octanol–water partition coefficient (Wildman–Crippen LogP) is 3.23. The van der Waals surface area contributed by atoms with E-state index in [2.05, 4.69) is 15.4 Å². The van der Waals surface area contributed by atoms with Crippen LogP contribution in [0.5, 0.6) is 0 Å². The molecule has 2 aromatic heterocycles. The van der Waals surface area contributed by atoms with Gasteiger partial charge in [0.1, 0.15) is 0 Å². The van der Waals surface area contributed by atoms with Crippen LogP contribution >= 0.6 is 0 Å². The van der Waals surface area contributed by atoms with Crippen molar-refractivity contribution in [1.29, 1.82) is 0 Å². The summed E-state index contributed by atoms with van der Waals surface area (Å²) in [5, 5.41) is 16.7. The summed E-state index contributed by atoms with van der Waals surface area (Å²) in [6.45, 7) is 1.62. The summed E-state index contributed by atoms with van der Waals surface area (Å²) in [4.78, 5) is 16.6. The number of likely N-dealkylation sites (tertiary alicyclic amines) is 1. The fraction of sp³-hybridized carbons (Fsp3) is 0.471. The summed E-state index contributed by atoms with van der Waals surface area (Å²) in [5.41, 5.74) is 1.77. The average Bonchev–Trinajstić information content (AvgIpc) is 2.95. The van der Waals surface area contributed by atoms with E-state index < -0.39 is 18.7 Å². The highest BCUT2D eigenvalue weighted by Crippen LogP contribution is 2.28. The molecule has 1 fully saturated rings. The first-order chi connectivity index (χ1) is 12.7. The van der Waals surface area contributed by atoms with E-state index in [-0.39, 0.29) is 11.6 Å². The topological polar surface area (TPSA) is 83.3 Å². The van der Waals surface area contributed by atoms with Crippen molar-refractivity contribution >= 4 is 17.3 Å². The van der Waals surface area contributed by atoms with Gasteiger partial charge in [0, 0.05) is 25.5 Å². The number of pyridine rings is 1. The molecule has 0 atom stereocenters. The van der Waals surface area contributed by atoms with E-state index >= 15 is 0 Å². The van der Waals surface area contributed by atoms with E-state index in [0.717, 1.165) is 0 Å². The second kappa shape index (κ2) is 7.55. The van der Waals surface area contributed by atoms with Crippen LogP contribution in [0.1, 0.15) is 34.9 Å². The number of carboxylic acids is 1. The van der Waals surface area contributed by atoms with Gasteiger partial charge in [-0.25, -0.2) is 4.79 Å². The van der Waals surface area contributed by atoms with Crippen LogP contribution in [0.3, 0.4) is 0 Å². The number of nitrogens with zero attached hydrogens (tertiary/aromatic N) is 4. The third kappa shape index (κ3) is 4.76. The molecule has 1 saturated heterocycles. The Labute approximate surface area is 153 Å². The van der Waals surface area contributed by atoms with Gasteiger partial charge >= 0.3 is 12.1 Å². The summed E-state index contributed by atoms with van der Waals surface area (Å²) in [6, 6.07) is 1.41. The van der Waals surface area contributed by atoms with Gasteiger partial charge in [-0.2, -0.15) is 18.3 Å². The number of nitrogens with one attached hydrogen (secondary N) is 1. The van der Waals surface area contributed by atoms with Crippen LogP contribution in [-0.2, 0) is 0 Å². The lowest BCUT2D eigenvalue weighted by Gasteiger charge is -2.32. The van der Waals surface area contributed by atoms with Crippen molar-refractivity contribution in [3.8, 4) is 0 Å². The number of carboxylic acid groups (broad SMARTS) is 1. The van der Waals surface area contributed by atoms with Crippen molar-refractivity contribution in [2.24, 2.45) is 0 Å². The van der Waals surface area contributed by atoms with Crippen molar-refractivity contribution in [3.63, 3.8) is 0 Å². The normalized spacial score (nSPS) is 16.4. The molecule has 10 heteroatoms. The minimum absolute atomic E-state index is 0.0107. The molecule has 0 aliphatic carbocycles. The maximum absolute atomic E-state index is 12.5. The molecule has 0 bridgehead atoms. The second-order valence-electron chi connectivity index (χ2n) is 6.58. The maximum Gasteiger partial charge on any atom is 0.401 e. The van der Waals surface area contributed by atoms with Crippen molar-refractivity contribution in [1.82, 2.24) is 19.7 Å². The van der Waals surface area contributed by atoms with Crippen molar-refractivity contribution in [2.45, 2.75) is 32.0 Å². The number of rotatable bonds is 5. The molecule has 1 aliphatic heterocycles. The Kier molecular flexibility index (Phi) is 5.36. The summed E-state index contributed by atoms with van der Waals surface area (Å²) in [7, 11) is 0. The van der Waals surface area contributed by atoms with Gasteiger partial charge in [0.2, 0.25) is 0 Å². The monoisotopic (exact) mass is 383 g/mol. The molecule has 3 rings (SSSR count). The van der Waals surface area contributed by atoms with E-state index in [4.69, 9.17) is 0 Å². The summed E-state index contributed by atoms with van der Waals surface area (Å²) in [6.07, 6.45) is 1.55. The molecule has 1 aliphatic rings. The molecule has 146 valence electrons. The highest BCUT2D eigenvalue weighted by Gasteiger charge is 2.33. The van der Waals surface area contributed by atoms with E-state index in [9.17, 15) is 23.1 Å². The Bertz CT molecular complexity index is 813. The fourth-order valence-corrected chi connectivity index (χ4v) is 3.21. The zero-order chi connectivity index (χ0) is 19.6. The lowest BCUT2D eigenvalue weighted by atomic mass is 10.1. The lowest BCUT2D eigenvalue weighted by molar-refractivity contribution is -0.148. The first-order valence-corrected chi connectivity index (χ1v) is 8.52. The molecule has 2 N–H and O–H groups in total. The summed E-state index contributed by atoms with van der Waals surface area (Å²) in [5.74, 6) is -1.07. The van der Waals surface area contributed by atoms with Crippen molar-refractivity contribution in [3.05, 3.63) is 35.9 Å². The maximum atomic E-state index is 12.5. The van der Waals surface area contributed by atoms with Crippen molar-refractivity contribution in [2.75, 3.05) is 25.0 Å². The molecule has 27 heavy (non-hydrogen) atoms. The number of hydrogen-bond donors (Lipinski definition) is 2. The molecule has 0 spiro atoms. The van der Waals surface area contributed by atoms with Crippen LogP contribution in [0.15, 0.2) is 24.7 Å². The largest absolute Gasteiger partial charge is 0.478 e.